The topological polar surface area (TPSA) is 81.7 Å². The minimum atomic E-state index is -3.65. The molecule has 2 unspecified atom stereocenters. The number of hydrogen-bond donors (Lipinski definition) is 0. The number of halogens is 2. The Morgan fingerprint density at radius 2 is 1.07 bits per heavy atom. The Balaban J connectivity index is 2.00. The summed E-state index contributed by atoms with van der Waals surface area (Å²) < 4.78 is 50.8. The first-order valence-electron chi connectivity index (χ1n) is 8.30. The third-order valence-corrected chi connectivity index (χ3v) is 5.89. The molecule has 0 bridgehead atoms. The van der Waals surface area contributed by atoms with Gasteiger partial charge in [0.1, 0.15) is 11.6 Å². The molecule has 0 amide bonds. The highest BCUT2D eigenvalue weighted by molar-refractivity contribution is 7.91. The minimum Gasteiger partial charge on any atom is -0.229 e. The van der Waals surface area contributed by atoms with Gasteiger partial charge in [0.25, 0.3) is 0 Å². The lowest BCUT2D eigenvalue weighted by Crippen LogP contribution is -2.24. The molecule has 0 saturated carbocycles. The van der Waals surface area contributed by atoms with Crippen LogP contribution in [0.15, 0.2) is 48.5 Å². The fourth-order valence-electron chi connectivity index (χ4n) is 2.77. The van der Waals surface area contributed by atoms with E-state index in [1.54, 1.807) is 0 Å². The van der Waals surface area contributed by atoms with Gasteiger partial charge < -0.3 is 0 Å². The Morgan fingerprint density at radius 3 is 1.37 bits per heavy atom. The number of nitriles is 2. The molecule has 140 valence electrons. The third kappa shape index (κ3) is 6.80. The van der Waals surface area contributed by atoms with Gasteiger partial charge in [-0.2, -0.15) is 10.5 Å². The molecule has 0 aliphatic rings. The van der Waals surface area contributed by atoms with E-state index in [-0.39, 0.29) is 24.3 Å². The molecule has 27 heavy (non-hydrogen) atoms. The van der Waals surface area contributed by atoms with Crippen LogP contribution >= 0.6 is 0 Å². The van der Waals surface area contributed by atoms with Crippen molar-refractivity contribution in [1.82, 2.24) is 0 Å². The molecular formula is C20H18F2N2O2S. The zero-order valence-corrected chi connectivity index (χ0v) is 15.3. The fraction of sp³-hybridized carbons (Fsp3) is 0.300. The van der Waals surface area contributed by atoms with Gasteiger partial charge >= 0.3 is 0 Å². The van der Waals surface area contributed by atoms with Crippen molar-refractivity contribution < 1.29 is 17.2 Å². The van der Waals surface area contributed by atoms with E-state index in [4.69, 9.17) is 0 Å². The molecule has 4 nitrogen and oxygen atoms in total. The lowest BCUT2D eigenvalue weighted by molar-refractivity contribution is 0.572. The normalized spacial score (nSPS) is 13.3. The van der Waals surface area contributed by atoms with Crippen molar-refractivity contribution in [1.29, 1.82) is 10.5 Å². The van der Waals surface area contributed by atoms with E-state index >= 15 is 0 Å². The number of rotatable bonds is 8. The average Bonchev–Trinajstić information content (AvgIpc) is 2.63. The summed E-state index contributed by atoms with van der Waals surface area (Å²) >= 11 is 0. The molecule has 0 saturated heterocycles. The van der Waals surface area contributed by atoms with Crippen molar-refractivity contribution >= 4 is 9.84 Å². The van der Waals surface area contributed by atoms with Crippen LogP contribution in [0.25, 0.3) is 0 Å². The largest absolute Gasteiger partial charge is 0.229 e. The second kappa shape index (κ2) is 9.25. The second-order valence-corrected chi connectivity index (χ2v) is 8.54. The van der Waals surface area contributed by atoms with Gasteiger partial charge in [-0.05, 0) is 48.2 Å². The molecule has 0 fully saturated rings. The molecule has 0 aliphatic heterocycles. The van der Waals surface area contributed by atoms with Gasteiger partial charge in [0.2, 0.25) is 0 Å². The first-order chi connectivity index (χ1) is 12.8. The zero-order valence-electron chi connectivity index (χ0n) is 14.5. The van der Waals surface area contributed by atoms with Crippen LogP contribution in [0.1, 0.15) is 11.1 Å². The molecule has 0 aromatic heterocycles. The second-order valence-electron chi connectivity index (χ2n) is 6.39. The zero-order chi connectivity index (χ0) is 19.9. The number of hydrogen-bond acceptors (Lipinski definition) is 4. The maximum absolute atomic E-state index is 12.9. The van der Waals surface area contributed by atoms with E-state index in [1.807, 2.05) is 12.1 Å². The van der Waals surface area contributed by atoms with Crippen LogP contribution in [0.5, 0.6) is 0 Å². The van der Waals surface area contributed by atoms with Gasteiger partial charge in [0, 0.05) is 0 Å². The standard InChI is InChI=1S/C20H18F2N2O2S/c21-19-5-1-15(2-6-19)9-17(11-23)13-27(25,26)14-18(12-24)10-16-3-7-20(22)8-4-16/h1-8,17-18H,9-10,13-14H2. The van der Waals surface area contributed by atoms with E-state index in [1.165, 1.54) is 48.5 Å². The van der Waals surface area contributed by atoms with Crippen LogP contribution in [0, 0.1) is 46.1 Å². The van der Waals surface area contributed by atoms with Crippen LogP contribution in [-0.2, 0) is 22.7 Å². The van der Waals surface area contributed by atoms with Crippen molar-refractivity contribution in [3.63, 3.8) is 0 Å². The van der Waals surface area contributed by atoms with E-state index < -0.39 is 33.3 Å². The van der Waals surface area contributed by atoms with Crippen LogP contribution in [0.3, 0.4) is 0 Å². The molecule has 0 radical (unpaired) electrons. The summed E-state index contributed by atoms with van der Waals surface area (Å²) in [6, 6.07) is 15.0. The monoisotopic (exact) mass is 388 g/mol. The average molecular weight is 388 g/mol. The minimum absolute atomic E-state index is 0.186. The Kier molecular flexibility index (Phi) is 7.04. The van der Waals surface area contributed by atoms with Crippen molar-refractivity contribution in [2.24, 2.45) is 11.8 Å². The Labute approximate surface area is 157 Å². The molecule has 2 aromatic rings. The highest BCUT2D eigenvalue weighted by atomic mass is 32.2. The Bertz CT molecular complexity index is 870. The Hall–Kier alpha value is -2.77. The van der Waals surface area contributed by atoms with Crippen LogP contribution in [0.4, 0.5) is 8.78 Å². The summed E-state index contributed by atoms with van der Waals surface area (Å²) in [5, 5.41) is 18.5. The van der Waals surface area contributed by atoms with Crippen LogP contribution in [-0.4, -0.2) is 19.9 Å². The number of nitrogens with zero attached hydrogens (tertiary/aromatic N) is 2. The van der Waals surface area contributed by atoms with Crippen molar-refractivity contribution in [2.75, 3.05) is 11.5 Å². The van der Waals surface area contributed by atoms with Gasteiger partial charge in [0.05, 0.1) is 35.5 Å². The van der Waals surface area contributed by atoms with E-state index in [2.05, 4.69) is 0 Å². The molecule has 0 heterocycles. The predicted molar refractivity (Wildman–Crippen MR) is 97.1 cm³/mol. The molecule has 7 heteroatoms. The van der Waals surface area contributed by atoms with Crippen molar-refractivity contribution in [3.8, 4) is 12.1 Å². The van der Waals surface area contributed by atoms with E-state index in [0.717, 1.165) is 0 Å². The van der Waals surface area contributed by atoms with Crippen molar-refractivity contribution in [3.05, 3.63) is 71.3 Å². The van der Waals surface area contributed by atoms with Crippen LogP contribution < -0.4 is 0 Å². The Morgan fingerprint density at radius 1 is 0.741 bits per heavy atom. The molecule has 2 aromatic carbocycles. The predicted octanol–water partition coefficient (Wildman–Crippen LogP) is 3.44. The molecule has 2 rings (SSSR count). The maximum atomic E-state index is 12.9. The molecule has 0 aliphatic carbocycles. The summed E-state index contributed by atoms with van der Waals surface area (Å²) in [5.41, 5.74) is 1.34. The van der Waals surface area contributed by atoms with E-state index in [0.29, 0.717) is 11.1 Å². The van der Waals surface area contributed by atoms with E-state index in [9.17, 15) is 27.7 Å². The first kappa shape index (κ1) is 20.5. The summed E-state index contributed by atoms with van der Waals surface area (Å²) in [7, 11) is -3.65. The molecule has 0 spiro atoms. The maximum Gasteiger partial charge on any atom is 0.152 e. The lowest BCUT2D eigenvalue weighted by atomic mass is 10.0. The van der Waals surface area contributed by atoms with Gasteiger partial charge in [-0.3, -0.25) is 0 Å². The van der Waals surface area contributed by atoms with Crippen LogP contribution in [0.2, 0.25) is 0 Å². The number of benzene rings is 2. The summed E-state index contributed by atoms with van der Waals surface area (Å²) in [6.45, 7) is 0. The third-order valence-electron chi connectivity index (χ3n) is 4.07. The first-order valence-corrected chi connectivity index (χ1v) is 10.1. The SMILES string of the molecule is N#CC(Cc1ccc(F)cc1)CS(=O)(=O)CC(C#N)Cc1ccc(F)cc1. The quantitative estimate of drug-likeness (QED) is 0.694. The number of sulfone groups is 1. The summed E-state index contributed by atoms with van der Waals surface area (Å²) in [6.07, 6.45) is 0.371. The fourth-order valence-corrected chi connectivity index (χ4v) is 4.52. The molecule has 2 atom stereocenters. The van der Waals surface area contributed by atoms with Gasteiger partial charge in [0.15, 0.2) is 9.84 Å². The molecule has 0 N–H and O–H groups in total. The van der Waals surface area contributed by atoms with Gasteiger partial charge in [-0.15, -0.1) is 0 Å². The lowest BCUT2D eigenvalue weighted by Gasteiger charge is -2.13. The highest BCUT2D eigenvalue weighted by Crippen LogP contribution is 2.16. The van der Waals surface area contributed by atoms with Crippen molar-refractivity contribution in [2.45, 2.75) is 12.8 Å². The highest BCUT2D eigenvalue weighted by Gasteiger charge is 2.24. The summed E-state index contributed by atoms with van der Waals surface area (Å²) in [4.78, 5) is 0. The van der Waals surface area contributed by atoms with Gasteiger partial charge in [-0.1, -0.05) is 24.3 Å². The molecular weight excluding hydrogens is 370 g/mol. The summed E-state index contributed by atoms with van der Waals surface area (Å²) in [5.74, 6) is -3.13. The smallest absolute Gasteiger partial charge is 0.152 e. The van der Waals surface area contributed by atoms with Gasteiger partial charge in [-0.25, -0.2) is 17.2 Å².